The van der Waals surface area contributed by atoms with Gasteiger partial charge in [0.1, 0.15) is 5.52 Å². The van der Waals surface area contributed by atoms with Crippen molar-refractivity contribution in [3.63, 3.8) is 0 Å². The fourth-order valence-corrected chi connectivity index (χ4v) is 1.74. The van der Waals surface area contributed by atoms with Crippen LogP contribution in [0.25, 0.3) is 22.8 Å². The van der Waals surface area contributed by atoms with Crippen molar-refractivity contribution >= 4 is 28.7 Å². The predicted molar refractivity (Wildman–Crippen MR) is 63.7 cm³/mol. The number of halogens is 1. The SMILES string of the molecule is O=C(O)c1ccc2oc(-c3ccc(Cl)o3)nc2c1. The number of aromatic nitrogens is 1. The number of benzene rings is 1. The molecular weight excluding hydrogens is 258 g/mol. The molecule has 2 heterocycles. The minimum atomic E-state index is -1.01. The second-order valence-corrected chi connectivity index (χ2v) is 3.98. The van der Waals surface area contributed by atoms with Crippen molar-refractivity contribution in [1.29, 1.82) is 0 Å². The topological polar surface area (TPSA) is 76.5 Å². The zero-order valence-corrected chi connectivity index (χ0v) is 9.64. The molecule has 0 aliphatic heterocycles. The molecule has 1 N–H and O–H groups in total. The van der Waals surface area contributed by atoms with Gasteiger partial charge in [-0.05, 0) is 41.9 Å². The first-order valence-corrected chi connectivity index (χ1v) is 5.41. The molecule has 6 heteroatoms. The molecule has 3 rings (SSSR count). The highest BCUT2D eigenvalue weighted by Crippen LogP contribution is 2.27. The van der Waals surface area contributed by atoms with E-state index in [0.29, 0.717) is 16.9 Å². The third-order valence-corrected chi connectivity index (χ3v) is 2.62. The van der Waals surface area contributed by atoms with E-state index in [0.717, 1.165) is 0 Å². The van der Waals surface area contributed by atoms with E-state index < -0.39 is 5.97 Å². The summed E-state index contributed by atoms with van der Waals surface area (Å²) >= 11 is 5.66. The number of fused-ring (bicyclic) bond motifs is 1. The van der Waals surface area contributed by atoms with Crippen LogP contribution in [0.4, 0.5) is 0 Å². The van der Waals surface area contributed by atoms with Crippen LogP contribution in [0, 0.1) is 0 Å². The first-order valence-electron chi connectivity index (χ1n) is 5.03. The smallest absolute Gasteiger partial charge is 0.335 e. The third kappa shape index (κ3) is 1.74. The molecule has 0 amide bonds. The molecule has 0 fully saturated rings. The minimum absolute atomic E-state index is 0.153. The number of rotatable bonds is 2. The molecule has 90 valence electrons. The Bertz CT molecular complexity index is 743. The Kier molecular flexibility index (Phi) is 2.34. The Hall–Kier alpha value is -2.27. The zero-order valence-electron chi connectivity index (χ0n) is 8.88. The number of carbonyl (C=O) groups is 1. The van der Waals surface area contributed by atoms with Gasteiger partial charge < -0.3 is 13.9 Å². The van der Waals surface area contributed by atoms with E-state index in [-0.39, 0.29) is 16.7 Å². The maximum Gasteiger partial charge on any atom is 0.335 e. The Morgan fingerprint density at radius 2 is 2.06 bits per heavy atom. The van der Waals surface area contributed by atoms with Crippen molar-refractivity contribution in [1.82, 2.24) is 4.98 Å². The van der Waals surface area contributed by atoms with Gasteiger partial charge in [-0.2, -0.15) is 0 Å². The van der Waals surface area contributed by atoms with Crippen molar-refractivity contribution in [3.8, 4) is 11.7 Å². The highest BCUT2D eigenvalue weighted by molar-refractivity contribution is 6.28. The van der Waals surface area contributed by atoms with Crippen molar-refractivity contribution in [3.05, 3.63) is 41.1 Å². The molecule has 0 unspecified atom stereocenters. The van der Waals surface area contributed by atoms with Gasteiger partial charge in [0, 0.05) is 0 Å². The molecule has 0 spiro atoms. The van der Waals surface area contributed by atoms with Crippen molar-refractivity contribution in [2.24, 2.45) is 0 Å². The molecule has 0 aliphatic carbocycles. The molecule has 0 saturated heterocycles. The zero-order chi connectivity index (χ0) is 12.7. The number of carboxylic acid groups (broad SMARTS) is 1. The third-order valence-electron chi connectivity index (χ3n) is 2.42. The van der Waals surface area contributed by atoms with E-state index in [4.69, 9.17) is 25.5 Å². The molecule has 5 nitrogen and oxygen atoms in total. The first-order chi connectivity index (χ1) is 8.63. The van der Waals surface area contributed by atoms with Crippen LogP contribution in [0.1, 0.15) is 10.4 Å². The maximum absolute atomic E-state index is 10.8. The molecule has 0 bridgehead atoms. The fourth-order valence-electron chi connectivity index (χ4n) is 1.60. The lowest BCUT2D eigenvalue weighted by atomic mass is 10.2. The molecule has 0 aliphatic rings. The van der Waals surface area contributed by atoms with Gasteiger partial charge in [-0.15, -0.1) is 0 Å². The number of hydrogen-bond donors (Lipinski definition) is 1. The van der Waals surface area contributed by atoms with E-state index in [2.05, 4.69) is 4.98 Å². The summed E-state index contributed by atoms with van der Waals surface area (Å²) in [5.41, 5.74) is 1.10. The standard InChI is InChI=1S/C12H6ClNO4/c13-10-4-3-9(17-10)11-14-7-5-6(12(15)16)1-2-8(7)18-11/h1-5H,(H,15,16). The summed E-state index contributed by atoms with van der Waals surface area (Å²) < 4.78 is 10.6. The van der Waals surface area contributed by atoms with E-state index in [1.165, 1.54) is 12.1 Å². The molecule has 18 heavy (non-hydrogen) atoms. The summed E-state index contributed by atoms with van der Waals surface area (Å²) in [7, 11) is 0. The summed E-state index contributed by atoms with van der Waals surface area (Å²) in [5, 5.41) is 9.11. The van der Waals surface area contributed by atoms with E-state index >= 15 is 0 Å². The molecule has 1 aromatic carbocycles. The molecule has 3 aromatic rings. The fraction of sp³-hybridized carbons (Fsp3) is 0. The van der Waals surface area contributed by atoms with Crippen LogP contribution >= 0.6 is 11.6 Å². The van der Waals surface area contributed by atoms with Crippen LogP contribution in [-0.4, -0.2) is 16.1 Å². The molecule has 0 atom stereocenters. The van der Waals surface area contributed by atoms with Crippen molar-refractivity contribution in [2.75, 3.05) is 0 Å². The van der Waals surface area contributed by atoms with E-state index in [1.54, 1.807) is 18.2 Å². The van der Waals surface area contributed by atoms with Crippen LogP contribution in [-0.2, 0) is 0 Å². The summed E-state index contributed by atoms with van der Waals surface area (Å²) in [6, 6.07) is 7.66. The lowest BCUT2D eigenvalue weighted by molar-refractivity contribution is 0.0697. The van der Waals surface area contributed by atoms with Crippen LogP contribution < -0.4 is 0 Å². The largest absolute Gasteiger partial charge is 0.478 e. The van der Waals surface area contributed by atoms with Crippen LogP contribution in [0.5, 0.6) is 0 Å². The van der Waals surface area contributed by atoms with Gasteiger partial charge in [-0.25, -0.2) is 9.78 Å². The Labute approximate surface area is 106 Å². The van der Waals surface area contributed by atoms with Crippen molar-refractivity contribution in [2.45, 2.75) is 0 Å². The van der Waals surface area contributed by atoms with Crippen LogP contribution in [0.3, 0.4) is 0 Å². The lowest BCUT2D eigenvalue weighted by Gasteiger charge is -1.91. The highest BCUT2D eigenvalue weighted by Gasteiger charge is 2.13. The molecule has 0 radical (unpaired) electrons. The van der Waals surface area contributed by atoms with Gasteiger partial charge >= 0.3 is 5.97 Å². The van der Waals surface area contributed by atoms with Gasteiger partial charge in [0.25, 0.3) is 5.89 Å². The number of aromatic carboxylic acids is 1. The van der Waals surface area contributed by atoms with Gasteiger partial charge in [-0.3, -0.25) is 0 Å². The van der Waals surface area contributed by atoms with Crippen LogP contribution in [0.2, 0.25) is 5.22 Å². The lowest BCUT2D eigenvalue weighted by Crippen LogP contribution is -1.94. The Balaban J connectivity index is 2.13. The second-order valence-electron chi connectivity index (χ2n) is 3.61. The Morgan fingerprint density at radius 3 is 2.72 bits per heavy atom. The van der Waals surface area contributed by atoms with E-state index in [1.807, 2.05) is 0 Å². The highest BCUT2D eigenvalue weighted by atomic mass is 35.5. The molecule has 2 aromatic heterocycles. The first kappa shape index (κ1) is 10.9. The average Bonchev–Trinajstić information content (AvgIpc) is 2.93. The minimum Gasteiger partial charge on any atom is -0.478 e. The predicted octanol–water partition coefficient (Wildman–Crippen LogP) is 3.44. The number of oxazole rings is 1. The maximum atomic E-state index is 10.8. The van der Waals surface area contributed by atoms with Gasteiger partial charge in [0.05, 0.1) is 5.56 Å². The number of furan rings is 1. The Morgan fingerprint density at radius 1 is 1.22 bits per heavy atom. The molecule has 0 saturated carbocycles. The van der Waals surface area contributed by atoms with Gasteiger partial charge in [0.15, 0.2) is 16.6 Å². The average molecular weight is 264 g/mol. The monoisotopic (exact) mass is 263 g/mol. The van der Waals surface area contributed by atoms with Crippen LogP contribution in [0.15, 0.2) is 39.2 Å². The normalized spacial score (nSPS) is 10.9. The van der Waals surface area contributed by atoms with Gasteiger partial charge in [0.2, 0.25) is 0 Å². The number of hydrogen-bond acceptors (Lipinski definition) is 4. The summed E-state index contributed by atoms with van der Waals surface area (Å²) in [6.45, 7) is 0. The summed E-state index contributed by atoms with van der Waals surface area (Å²) in [4.78, 5) is 15.0. The van der Waals surface area contributed by atoms with Gasteiger partial charge in [-0.1, -0.05) is 0 Å². The molecular formula is C12H6ClNO4. The summed E-state index contributed by atoms with van der Waals surface area (Å²) in [5.74, 6) is -0.352. The summed E-state index contributed by atoms with van der Waals surface area (Å²) in [6.07, 6.45) is 0. The number of nitrogens with zero attached hydrogens (tertiary/aromatic N) is 1. The van der Waals surface area contributed by atoms with Crippen molar-refractivity contribution < 1.29 is 18.7 Å². The number of carboxylic acids is 1. The second kappa shape index (κ2) is 3.89. The quantitative estimate of drug-likeness (QED) is 0.766. The van der Waals surface area contributed by atoms with E-state index in [9.17, 15) is 4.79 Å².